The summed E-state index contributed by atoms with van der Waals surface area (Å²) < 4.78 is 28.8. The van der Waals surface area contributed by atoms with Crippen molar-refractivity contribution in [2.75, 3.05) is 20.1 Å². The number of nitrogens with two attached hydrogens (primary N) is 1. The second-order valence-corrected chi connectivity index (χ2v) is 9.87. The number of aromatic nitrogens is 1. The van der Waals surface area contributed by atoms with Crippen LogP contribution in [-0.2, 0) is 0 Å². The minimum Gasteiger partial charge on any atom is -0.366 e. The van der Waals surface area contributed by atoms with E-state index in [1.165, 1.54) is 24.3 Å². The van der Waals surface area contributed by atoms with Gasteiger partial charge in [0.2, 0.25) is 5.91 Å². The van der Waals surface area contributed by atoms with Crippen molar-refractivity contribution in [2.45, 2.75) is 25.8 Å². The molecule has 1 saturated heterocycles. The molecule has 4 aromatic rings. The lowest BCUT2D eigenvalue weighted by molar-refractivity contribution is 0.0786. The Bertz CT molecular complexity index is 1540. The monoisotopic (exact) mass is 514 g/mol. The SMILES string of the molecule is Cc1cc(F)cc(-c2cnc3ccc(-c4cc(F)cc(C(N)=O)c4)cc3c2C(=O)N(C)C[C@@H]2CCCN2)c1. The lowest BCUT2D eigenvalue weighted by Crippen LogP contribution is -2.38. The Balaban J connectivity index is 1.70. The maximum atomic E-state index is 14.4. The summed E-state index contributed by atoms with van der Waals surface area (Å²) in [6, 6.07) is 14.0. The first-order chi connectivity index (χ1) is 18.2. The number of pyridine rings is 1. The Kier molecular flexibility index (Phi) is 6.91. The number of rotatable bonds is 6. The molecule has 38 heavy (non-hydrogen) atoms. The first kappa shape index (κ1) is 25.5. The number of amides is 2. The fourth-order valence-electron chi connectivity index (χ4n) is 5.13. The number of halogens is 2. The Morgan fingerprint density at radius 3 is 2.50 bits per heavy atom. The van der Waals surface area contributed by atoms with E-state index < -0.39 is 17.5 Å². The molecule has 0 unspecified atom stereocenters. The number of hydrogen-bond donors (Lipinski definition) is 2. The molecule has 0 saturated carbocycles. The first-order valence-electron chi connectivity index (χ1n) is 12.5. The third-order valence-electron chi connectivity index (χ3n) is 6.95. The van der Waals surface area contributed by atoms with Crippen LogP contribution in [0.3, 0.4) is 0 Å². The Morgan fingerprint density at radius 2 is 1.79 bits per heavy atom. The number of benzene rings is 3. The van der Waals surface area contributed by atoms with Gasteiger partial charge in [0.15, 0.2) is 0 Å². The van der Waals surface area contributed by atoms with Crippen molar-refractivity contribution < 1.29 is 18.4 Å². The highest BCUT2D eigenvalue weighted by atomic mass is 19.1. The van der Waals surface area contributed by atoms with Gasteiger partial charge in [0.05, 0.1) is 11.1 Å². The van der Waals surface area contributed by atoms with Crippen LogP contribution in [0.4, 0.5) is 8.78 Å². The van der Waals surface area contributed by atoms with Gasteiger partial charge in [-0.15, -0.1) is 0 Å². The van der Waals surface area contributed by atoms with E-state index in [2.05, 4.69) is 10.3 Å². The van der Waals surface area contributed by atoms with E-state index >= 15 is 0 Å². The van der Waals surface area contributed by atoms with E-state index in [9.17, 15) is 18.4 Å². The predicted octanol–water partition coefficient (Wildman–Crippen LogP) is 5.08. The van der Waals surface area contributed by atoms with Crippen LogP contribution in [0.2, 0.25) is 0 Å². The second-order valence-electron chi connectivity index (χ2n) is 9.87. The molecule has 194 valence electrons. The van der Waals surface area contributed by atoms with Gasteiger partial charge in [-0.2, -0.15) is 0 Å². The average molecular weight is 515 g/mol. The van der Waals surface area contributed by atoms with E-state index in [1.807, 2.05) is 6.07 Å². The van der Waals surface area contributed by atoms with Crippen LogP contribution in [0, 0.1) is 18.6 Å². The molecule has 0 aliphatic carbocycles. The summed E-state index contributed by atoms with van der Waals surface area (Å²) in [4.78, 5) is 32.0. The zero-order valence-corrected chi connectivity index (χ0v) is 21.2. The summed E-state index contributed by atoms with van der Waals surface area (Å²) in [7, 11) is 1.75. The van der Waals surface area contributed by atoms with Gasteiger partial charge in [0, 0.05) is 42.3 Å². The summed E-state index contributed by atoms with van der Waals surface area (Å²) in [6.07, 6.45) is 3.64. The quantitative estimate of drug-likeness (QED) is 0.376. The average Bonchev–Trinajstić information content (AvgIpc) is 3.39. The summed E-state index contributed by atoms with van der Waals surface area (Å²) in [5.41, 5.74) is 9.17. The lowest BCUT2D eigenvalue weighted by atomic mass is 9.93. The number of likely N-dealkylation sites (N-methyl/N-ethyl adjacent to an activating group) is 1. The molecule has 3 aromatic carbocycles. The molecule has 6 nitrogen and oxygen atoms in total. The topological polar surface area (TPSA) is 88.3 Å². The third-order valence-corrected chi connectivity index (χ3v) is 6.95. The highest BCUT2D eigenvalue weighted by molar-refractivity contribution is 6.12. The summed E-state index contributed by atoms with van der Waals surface area (Å²) in [5, 5.41) is 3.96. The van der Waals surface area contributed by atoms with Crippen LogP contribution >= 0.6 is 0 Å². The third kappa shape index (κ3) is 5.13. The molecular formula is C30H28F2N4O2. The van der Waals surface area contributed by atoms with Gasteiger partial charge in [-0.05, 0) is 91.0 Å². The highest BCUT2D eigenvalue weighted by Gasteiger charge is 2.25. The molecular weight excluding hydrogens is 486 g/mol. The van der Waals surface area contributed by atoms with Crippen molar-refractivity contribution in [2.24, 2.45) is 5.73 Å². The molecule has 1 fully saturated rings. The Labute approximate surface area is 219 Å². The van der Waals surface area contributed by atoms with E-state index in [0.29, 0.717) is 45.3 Å². The number of aryl methyl sites for hydroxylation is 1. The number of primary amides is 1. The van der Waals surface area contributed by atoms with E-state index in [4.69, 9.17) is 5.73 Å². The van der Waals surface area contributed by atoms with Crippen LogP contribution in [0.1, 0.15) is 39.1 Å². The van der Waals surface area contributed by atoms with E-state index in [1.54, 1.807) is 43.3 Å². The predicted molar refractivity (Wildman–Crippen MR) is 144 cm³/mol. The maximum absolute atomic E-state index is 14.4. The van der Waals surface area contributed by atoms with Crippen molar-refractivity contribution in [3.63, 3.8) is 0 Å². The second kappa shape index (κ2) is 10.3. The first-order valence-corrected chi connectivity index (χ1v) is 12.5. The molecule has 5 rings (SSSR count). The molecule has 0 spiro atoms. The molecule has 1 aliphatic heterocycles. The van der Waals surface area contributed by atoms with E-state index in [-0.39, 0.29) is 17.5 Å². The summed E-state index contributed by atoms with van der Waals surface area (Å²) in [5.74, 6) is -1.97. The lowest BCUT2D eigenvalue weighted by Gasteiger charge is -2.24. The molecule has 1 atom stereocenters. The Morgan fingerprint density at radius 1 is 1.03 bits per heavy atom. The van der Waals surface area contributed by atoms with Gasteiger partial charge in [0.25, 0.3) is 5.91 Å². The molecule has 0 bridgehead atoms. The van der Waals surface area contributed by atoms with Gasteiger partial charge >= 0.3 is 0 Å². The number of nitrogens with one attached hydrogen (secondary N) is 1. The molecule has 0 radical (unpaired) electrons. The van der Waals surface area contributed by atoms with Crippen molar-refractivity contribution in [3.8, 4) is 22.3 Å². The van der Waals surface area contributed by atoms with Gasteiger partial charge in [-0.25, -0.2) is 8.78 Å². The van der Waals surface area contributed by atoms with Crippen molar-refractivity contribution >= 4 is 22.7 Å². The standard InChI is InChI=1S/C30H28F2N4O2/c1-17-8-20(12-22(31)9-17)26-15-35-27-6-5-18(19-10-21(29(33)37)13-23(32)11-19)14-25(27)28(26)30(38)36(2)16-24-4-3-7-34-24/h5-6,8-15,24,34H,3-4,7,16H2,1-2H3,(H2,33,37)/t24-/m0/s1. The minimum atomic E-state index is -0.741. The van der Waals surface area contributed by atoms with E-state index in [0.717, 1.165) is 31.0 Å². The van der Waals surface area contributed by atoms with Crippen molar-refractivity contribution in [3.05, 3.63) is 89.1 Å². The number of carbonyl (C=O) groups is 2. The van der Waals surface area contributed by atoms with Gasteiger partial charge in [0.1, 0.15) is 11.6 Å². The van der Waals surface area contributed by atoms with Gasteiger partial charge < -0.3 is 16.0 Å². The zero-order valence-electron chi connectivity index (χ0n) is 21.2. The molecule has 2 amide bonds. The van der Waals surface area contributed by atoms with Crippen LogP contribution in [-0.4, -0.2) is 47.9 Å². The van der Waals surface area contributed by atoms with Crippen molar-refractivity contribution in [1.82, 2.24) is 15.2 Å². The zero-order chi connectivity index (χ0) is 27.0. The molecule has 1 aromatic heterocycles. The molecule has 2 heterocycles. The Hall–Kier alpha value is -4.17. The number of carbonyl (C=O) groups excluding carboxylic acids is 2. The number of nitrogens with zero attached hydrogens (tertiary/aromatic N) is 2. The molecule has 3 N–H and O–H groups in total. The van der Waals surface area contributed by atoms with Crippen LogP contribution < -0.4 is 11.1 Å². The maximum Gasteiger partial charge on any atom is 0.255 e. The highest BCUT2D eigenvalue weighted by Crippen LogP contribution is 2.34. The van der Waals surface area contributed by atoms with Gasteiger partial charge in [-0.1, -0.05) is 12.1 Å². The number of fused-ring (bicyclic) bond motifs is 1. The number of hydrogen-bond acceptors (Lipinski definition) is 4. The normalized spacial score (nSPS) is 15.1. The molecule has 8 heteroatoms. The fourth-order valence-corrected chi connectivity index (χ4v) is 5.13. The van der Waals surface area contributed by atoms with Crippen LogP contribution in [0.15, 0.2) is 60.8 Å². The largest absolute Gasteiger partial charge is 0.366 e. The van der Waals surface area contributed by atoms with Gasteiger partial charge in [-0.3, -0.25) is 14.6 Å². The van der Waals surface area contributed by atoms with Crippen LogP contribution in [0.5, 0.6) is 0 Å². The summed E-state index contributed by atoms with van der Waals surface area (Å²) >= 11 is 0. The van der Waals surface area contributed by atoms with Crippen molar-refractivity contribution in [1.29, 1.82) is 0 Å². The van der Waals surface area contributed by atoms with Crippen LogP contribution in [0.25, 0.3) is 33.2 Å². The minimum absolute atomic E-state index is 0.0438. The summed E-state index contributed by atoms with van der Waals surface area (Å²) in [6.45, 7) is 3.23. The molecule has 1 aliphatic rings. The fraction of sp³-hybridized carbons (Fsp3) is 0.233. The smallest absolute Gasteiger partial charge is 0.255 e.